The maximum absolute atomic E-state index is 11.1. The molecule has 0 aliphatic carbocycles. The zero-order valence-electron chi connectivity index (χ0n) is 6.07. The van der Waals surface area contributed by atoms with Gasteiger partial charge in [-0.1, -0.05) is 23.7 Å². The van der Waals surface area contributed by atoms with Gasteiger partial charge in [0, 0.05) is 5.56 Å². The molecule has 0 fully saturated rings. The molecule has 0 saturated heterocycles. The third-order valence-electron chi connectivity index (χ3n) is 1.31. The maximum atomic E-state index is 11.1. The third-order valence-corrected chi connectivity index (χ3v) is 1.64. The first-order valence-electron chi connectivity index (χ1n) is 3.22. The van der Waals surface area contributed by atoms with Crippen LogP contribution in [0.5, 0.6) is 0 Å². The Hall–Kier alpha value is -1.44. The number of hydrogen-bond acceptors (Lipinski definition) is 1. The van der Waals surface area contributed by atoms with E-state index in [1.165, 1.54) is 0 Å². The molecule has 12 heavy (non-hydrogen) atoms. The van der Waals surface area contributed by atoms with Crippen molar-refractivity contribution >= 4 is 23.6 Å². The first-order chi connectivity index (χ1) is 5.75. The molecule has 0 unspecified atom stereocenters. The van der Waals surface area contributed by atoms with Crippen LogP contribution < -0.4 is 0 Å². The van der Waals surface area contributed by atoms with Crippen molar-refractivity contribution in [1.82, 2.24) is 0 Å². The fraction of sp³-hybridized carbons (Fsp3) is 0. The van der Waals surface area contributed by atoms with Crippen LogP contribution in [0.3, 0.4) is 0 Å². The molecule has 0 aliphatic heterocycles. The summed E-state index contributed by atoms with van der Waals surface area (Å²) in [6, 6.07) is 6.56. The highest BCUT2D eigenvalue weighted by molar-refractivity contribution is 6.41. The van der Waals surface area contributed by atoms with E-state index < -0.39 is 5.78 Å². The van der Waals surface area contributed by atoms with Gasteiger partial charge in [-0.05, 0) is 12.1 Å². The monoisotopic (exact) mass is 180 g/mol. The summed E-state index contributed by atoms with van der Waals surface area (Å²) in [6.07, 6.45) is 0.807. The molecule has 0 saturated carbocycles. The molecule has 0 bridgehead atoms. The maximum Gasteiger partial charge on any atom is 0.328 e. The summed E-state index contributed by atoms with van der Waals surface area (Å²) in [6.45, 7) is 0. The Bertz CT molecular complexity index is 356. The van der Waals surface area contributed by atoms with Gasteiger partial charge in [-0.15, -0.1) is 0 Å². The summed E-state index contributed by atoms with van der Waals surface area (Å²) in [4.78, 5) is 13.7. The van der Waals surface area contributed by atoms with Gasteiger partial charge in [-0.2, -0.15) is 4.79 Å². The summed E-state index contributed by atoms with van der Waals surface area (Å²) >= 11 is 5.69. The van der Waals surface area contributed by atoms with Gasteiger partial charge < -0.3 is 5.53 Å². The van der Waals surface area contributed by atoms with Crippen molar-refractivity contribution in [1.29, 1.82) is 0 Å². The Labute approximate surface area is 74.2 Å². The van der Waals surface area contributed by atoms with E-state index in [0.717, 1.165) is 6.21 Å². The van der Waals surface area contributed by atoms with Crippen molar-refractivity contribution in [2.75, 3.05) is 0 Å². The van der Waals surface area contributed by atoms with Crippen molar-refractivity contribution in [2.24, 2.45) is 0 Å². The van der Waals surface area contributed by atoms with Gasteiger partial charge in [-0.25, -0.2) is 0 Å². The molecule has 1 aromatic rings. The normalized spacial score (nSPS) is 8.75. The Balaban J connectivity index is 3.11. The fourth-order valence-electron chi connectivity index (χ4n) is 0.783. The molecule has 4 heteroatoms. The lowest BCUT2D eigenvalue weighted by molar-refractivity contribution is 0.00235. The van der Waals surface area contributed by atoms with Crippen molar-refractivity contribution in [3.8, 4) is 0 Å². The van der Waals surface area contributed by atoms with Crippen LogP contribution in [-0.4, -0.2) is 16.8 Å². The number of Topliss-reactive ketones (excluding diaryl/α,β-unsaturated/α-hetero) is 1. The van der Waals surface area contributed by atoms with Crippen LogP contribution in [0.4, 0.5) is 0 Å². The second-order valence-electron chi connectivity index (χ2n) is 2.09. The van der Waals surface area contributed by atoms with Crippen LogP contribution in [-0.2, 0) is 0 Å². The average Bonchev–Trinajstić information content (AvgIpc) is 2.05. The zero-order valence-corrected chi connectivity index (χ0v) is 6.82. The minimum Gasteiger partial charge on any atom is -0.361 e. The van der Waals surface area contributed by atoms with E-state index in [-0.39, 0.29) is 0 Å². The Morgan fingerprint density at radius 3 is 2.75 bits per heavy atom. The van der Waals surface area contributed by atoms with Gasteiger partial charge in [0.2, 0.25) is 0 Å². The first-order valence-corrected chi connectivity index (χ1v) is 3.60. The van der Waals surface area contributed by atoms with E-state index in [1.54, 1.807) is 24.3 Å². The van der Waals surface area contributed by atoms with Gasteiger partial charge in [0.05, 0.1) is 5.02 Å². The topological polar surface area (TPSA) is 53.5 Å². The second-order valence-corrected chi connectivity index (χ2v) is 2.50. The number of nitrogens with zero attached hydrogens (tertiary/aromatic N) is 2. The average molecular weight is 181 g/mol. The van der Waals surface area contributed by atoms with Gasteiger partial charge in [0.15, 0.2) is 0 Å². The molecule has 0 aromatic heterocycles. The number of carbonyl (C=O) groups is 1. The molecular formula is C8H5ClN2O. The van der Waals surface area contributed by atoms with Crippen molar-refractivity contribution < 1.29 is 9.58 Å². The molecule has 0 N–H and O–H groups in total. The van der Waals surface area contributed by atoms with Crippen LogP contribution in [0.15, 0.2) is 24.3 Å². The SMILES string of the molecule is [N-]=[N+]=CC(=O)c1ccccc1Cl. The summed E-state index contributed by atoms with van der Waals surface area (Å²) in [5, 5.41) is 0.349. The highest BCUT2D eigenvalue weighted by Crippen LogP contribution is 2.14. The van der Waals surface area contributed by atoms with Crippen LogP contribution >= 0.6 is 11.6 Å². The molecule has 0 heterocycles. The third kappa shape index (κ3) is 1.78. The molecule has 3 nitrogen and oxygen atoms in total. The van der Waals surface area contributed by atoms with Gasteiger partial charge in [0.25, 0.3) is 5.78 Å². The Morgan fingerprint density at radius 2 is 2.17 bits per heavy atom. The van der Waals surface area contributed by atoms with Gasteiger partial charge >= 0.3 is 6.21 Å². The minimum atomic E-state index is -0.414. The predicted molar refractivity (Wildman–Crippen MR) is 45.5 cm³/mol. The molecule has 0 atom stereocenters. The molecule has 0 spiro atoms. The van der Waals surface area contributed by atoms with Gasteiger partial charge in [-0.3, -0.25) is 4.79 Å². The number of halogens is 1. The molecule has 0 amide bonds. The van der Waals surface area contributed by atoms with Crippen LogP contribution in [0, 0.1) is 0 Å². The summed E-state index contributed by atoms with van der Waals surface area (Å²) in [5.41, 5.74) is 8.42. The summed E-state index contributed by atoms with van der Waals surface area (Å²) in [7, 11) is 0. The number of hydrogen-bond donors (Lipinski definition) is 0. The smallest absolute Gasteiger partial charge is 0.328 e. The molecule has 60 valence electrons. The first kappa shape index (κ1) is 8.65. The molecular weight excluding hydrogens is 176 g/mol. The second kappa shape index (κ2) is 3.81. The highest BCUT2D eigenvalue weighted by Gasteiger charge is 2.09. The molecule has 0 radical (unpaired) electrons. The zero-order chi connectivity index (χ0) is 8.97. The highest BCUT2D eigenvalue weighted by atomic mass is 35.5. The molecule has 1 aromatic carbocycles. The number of rotatable bonds is 2. The fourth-order valence-corrected chi connectivity index (χ4v) is 1.01. The van der Waals surface area contributed by atoms with Crippen LogP contribution in [0.25, 0.3) is 5.53 Å². The summed E-state index contributed by atoms with van der Waals surface area (Å²) < 4.78 is 0. The van der Waals surface area contributed by atoms with Gasteiger partial charge in [0.1, 0.15) is 0 Å². The minimum absolute atomic E-state index is 0.331. The lowest BCUT2D eigenvalue weighted by Crippen LogP contribution is -2.01. The predicted octanol–water partition coefficient (Wildman–Crippen LogP) is 1.82. The van der Waals surface area contributed by atoms with E-state index in [1.807, 2.05) is 0 Å². The van der Waals surface area contributed by atoms with E-state index >= 15 is 0 Å². The quantitative estimate of drug-likeness (QED) is 0.297. The van der Waals surface area contributed by atoms with Crippen molar-refractivity contribution in [2.45, 2.75) is 0 Å². The van der Waals surface area contributed by atoms with Crippen molar-refractivity contribution in [3.05, 3.63) is 40.4 Å². The largest absolute Gasteiger partial charge is 0.361 e. The molecule has 0 aliphatic rings. The lowest BCUT2D eigenvalue weighted by Gasteiger charge is -1.93. The van der Waals surface area contributed by atoms with E-state index in [0.29, 0.717) is 10.6 Å². The van der Waals surface area contributed by atoms with Crippen molar-refractivity contribution in [3.63, 3.8) is 0 Å². The Morgan fingerprint density at radius 1 is 1.50 bits per heavy atom. The lowest BCUT2D eigenvalue weighted by atomic mass is 10.1. The number of benzene rings is 1. The standard InChI is InChI=1S/C8H5ClN2O/c9-7-4-2-1-3-6(7)8(12)5-11-10/h1-5H. The van der Waals surface area contributed by atoms with E-state index in [4.69, 9.17) is 17.1 Å². The summed E-state index contributed by atoms with van der Waals surface area (Å²) in [5.74, 6) is -0.414. The van der Waals surface area contributed by atoms with E-state index in [9.17, 15) is 4.79 Å². The Kier molecular flexibility index (Phi) is 2.75. The van der Waals surface area contributed by atoms with Crippen LogP contribution in [0.1, 0.15) is 10.4 Å². The number of ketones is 1. The van der Waals surface area contributed by atoms with Crippen LogP contribution in [0.2, 0.25) is 5.02 Å². The van der Waals surface area contributed by atoms with E-state index in [2.05, 4.69) is 4.79 Å². The number of carbonyl (C=O) groups excluding carboxylic acids is 1. The molecule has 1 rings (SSSR count).